The predicted molar refractivity (Wildman–Crippen MR) is 75.7 cm³/mol. The summed E-state index contributed by atoms with van der Waals surface area (Å²) in [4.78, 5) is 14.9. The molecular formula is C16H29NO. The summed E-state index contributed by atoms with van der Waals surface area (Å²) >= 11 is 0. The third-order valence-electron chi connectivity index (χ3n) is 4.79. The van der Waals surface area contributed by atoms with E-state index in [2.05, 4.69) is 25.7 Å². The number of Topliss-reactive ketones (excluding diaryl/α,β-unsaturated/α-hetero) is 1. The highest BCUT2D eigenvalue weighted by Crippen LogP contribution is 2.46. The number of piperidine rings is 1. The lowest BCUT2D eigenvalue weighted by Crippen LogP contribution is -2.46. The zero-order valence-corrected chi connectivity index (χ0v) is 12.4. The zero-order valence-electron chi connectivity index (χ0n) is 12.4. The van der Waals surface area contributed by atoms with Gasteiger partial charge in [0.15, 0.2) is 0 Å². The van der Waals surface area contributed by atoms with Gasteiger partial charge in [-0.2, -0.15) is 0 Å². The molecule has 0 atom stereocenters. The summed E-state index contributed by atoms with van der Waals surface area (Å²) in [5.41, 5.74) is 0.173. The van der Waals surface area contributed by atoms with Crippen LogP contribution < -0.4 is 0 Å². The van der Waals surface area contributed by atoms with Gasteiger partial charge in [-0.25, -0.2) is 0 Å². The monoisotopic (exact) mass is 251 g/mol. The average molecular weight is 251 g/mol. The molecule has 1 saturated carbocycles. The Labute approximate surface area is 112 Å². The second-order valence-corrected chi connectivity index (χ2v) is 7.54. The average Bonchev–Trinajstić information content (AvgIpc) is 2.26. The summed E-state index contributed by atoms with van der Waals surface area (Å²) in [6, 6.07) is 0. The Morgan fingerprint density at radius 3 is 2.11 bits per heavy atom. The van der Waals surface area contributed by atoms with Crippen molar-refractivity contribution in [2.24, 2.45) is 10.8 Å². The third kappa shape index (κ3) is 3.34. The molecule has 2 fully saturated rings. The lowest BCUT2D eigenvalue weighted by molar-refractivity contribution is -0.131. The fraction of sp³-hybridized carbons (Fsp3) is 0.938. The Kier molecular flexibility index (Phi) is 4.15. The summed E-state index contributed by atoms with van der Waals surface area (Å²) in [6.45, 7) is 9.86. The van der Waals surface area contributed by atoms with E-state index >= 15 is 0 Å². The highest BCUT2D eigenvalue weighted by atomic mass is 16.1. The van der Waals surface area contributed by atoms with Crippen molar-refractivity contribution in [1.82, 2.24) is 4.90 Å². The van der Waals surface area contributed by atoms with Crippen molar-refractivity contribution in [1.29, 1.82) is 0 Å². The van der Waals surface area contributed by atoms with E-state index in [1.807, 2.05) is 0 Å². The first-order chi connectivity index (χ1) is 8.41. The zero-order chi connectivity index (χ0) is 13.2. The highest BCUT2D eigenvalue weighted by molar-refractivity contribution is 5.84. The molecule has 0 aromatic heterocycles. The van der Waals surface area contributed by atoms with Gasteiger partial charge in [0.1, 0.15) is 5.78 Å². The molecule has 0 aromatic carbocycles. The van der Waals surface area contributed by atoms with Crippen LogP contribution in [0.4, 0.5) is 0 Å². The summed E-state index contributed by atoms with van der Waals surface area (Å²) in [7, 11) is 0. The maximum absolute atomic E-state index is 12.3. The quantitative estimate of drug-likeness (QED) is 0.760. The molecule has 104 valence electrons. The molecule has 0 unspecified atom stereocenters. The Morgan fingerprint density at radius 1 is 1.06 bits per heavy atom. The van der Waals surface area contributed by atoms with Crippen molar-refractivity contribution in [3.63, 3.8) is 0 Å². The molecule has 1 aliphatic heterocycles. The van der Waals surface area contributed by atoms with E-state index in [0.717, 1.165) is 6.42 Å². The van der Waals surface area contributed by atoms with Crippen molar-refractivity contribution in [3.8, 4) is 0 Å². The summed E-state index contributed by atoms with van der Waals surface area (Å²) < 4.78 is 0. The van der Waals surface area contributed by atoms with E-state index in [1.165, 1.54) is 58.2 Å². The molecule has 0 radical (unpaired) electrons. The van der Waals surface area contributed by atoms with Crippen molar-refractivity contribution in [3.05, 3.63) is 0 Å². The van der Waals surface area contributed by atoms with Crippen molar-refractivity contribution < 1.29 is 4.79 Å². The number of carbonyl (C=O) groups is 1. The molecule has 1 heterocycles. The van der Waals surface area contributed by atoms with Gasteiger partial charge >= 0.3 is 0 Å². The Hall–Kier alpha value is -0.370. The summed E-state index contributed by atoms with van der Waals surface area (Å²) in [5, 5.41) is 0. The molecule has 0 aromatic rings. The molecular weight excluding hydrogens is 222 g/mol. The van der Waals surface area contributed by atoms with E-state index in [-0.39, 0.29) is 5.41 Å². The second-order valence-electron chi connectivity index (χ2n) is 7.54. The molecule has 2 aliphatic rings. The molecule has 18 heavy (non-hydrogen) atoms. The third-order valence-corrected chi connectivity index (χ3v) is 4.79. The molecule has 0 N–H and O–H groups in total. The predicted octanol–water partition coefficient (Wildman–Crippen LogP) is 3.65. The normalized spacial score (nSPS) is 24.6. The van der Waals surface area contributed by atoms with Crippen LogP contribution in [-0.2, 0) is 4.79 Å². The standard InChI is InChI=1S/C16H29NO/c1-15(2,3)14(18)12-16(8-7-9-16)13-17-10-5-4-6-11-17/h4-13H2,1-3H3. The number of carbonyl (C=O) groups excluding carboxylic acids is 1. The summed E-state index contributed by atoms with van der Waals surface area (Å²) in [5.74, 6) is 0.458. The number of hydrogen-bond donors (Lipinski definition) is 0. The molecule has 0 bridgehead atoms. The van der Waals surface area contributed by atoms with Crippen LogP contribution in [0.1, 0.15) is 65.7 Å². The fourth-order valence-corrected chi connectivity index (χ4v) is 3.27. The largest absolute Gasteiger partial charge is 0.303 e. The number of hydrogen-bond acceptors (Lipinski definition) is 2. The van der Waals surface area contributed by atoms with Crippen LogP contribution in [-0.4, -0.2) is 30.3 Å². The van der Waals surface area contributed by atoms with Crippen LogP contribution >= 0.6 is 0 Å². The van der Waals surface area contributed by atoms with Crippen LogP contribution in [0.25, 0.3) is 0 Å². The van der Waals surface area contributed by atoms with Crippen LogP contribution in [0.15, 0.2) is 0 Å². The highest BCUT2D eigenvalue weighted by Gasteiger charge is 2.42. The minimum atomic E-state index is -0.162. The van der Waals surface area contributed by atoms with Crippen LogP contribution in [0.2, 0.25) is 0 Å². The van der Waals surface area contributed by atoms with Gasteiger partial charge in [0.05, 0.1) is 0 Å². The minimum absolute atomic E-state index is 0.162. The van der Waals surface area contributed by atoms with Crippen LogP contribution in [0.5, 0.6) is 0 Å². The number of ketones is 1. The smallest absolute Gasteiger partial charge is 0.138 e. The molecule has 2 rings (SSSR count). The van der Waals surface area contributed by atoms with Gasteiger partial charge in [-0.3, -0.25) is 4.79 Å². The van der Waals surface area contributed by atoms with E-state index < -0.39 is 0 Å². The van der Waals surface area contributed by atoms with Crippen LogP contribution in [0.3, 0.4) is 0 Å². The van der Waals surface area contributed by atoms with E-state index in [4.69, 9.17) is 0 Å². The molecule has 0 spiro atoms. The molecule has 1 aliphatic carbocycles. The van der Waals surface area contributed by atoms with Gasteiger partial charge in [-0.1, -0.05) is 33.6 Å². The number of rotatable bonds is 4. The van der Waals surface area contributed by atoms with E-state index in [1.54, 1.807) is 0 Å². The molecule has 1 saturated heterocycles. The van der Waals surface area contributed by atoms with Gasteiger partial charge < -0.3 is 4.90 Å². The SMILES string of the molecule is CC(C)(C)C(=O)CC1(CN2CCCCC2)CCC1. The van der Waals surface area contributed by atoms with Gasteiger partial charge in [0, 0.05) is 18.4 Å². The molecule has 2 heteroatoms. The fourth-order valence-electron chi connectivity index (χ4n) is 3.27. The maximum atomic E-state index is 12.3. The lowest BCUT2D eigenvalue weighted by atomic mass is 9.63. The second kappa shape index (κ2) is 5.32. The van der Waals surface area contributed by atoms with Gasteiger partial charge in [-0.15, -0.1) is 0 Å². The first-order valence-corrected chi connectivity index (χ1v) is 7.67. The Balaban J connectivity index is 1.91. The Morgan fingerprint density at radius 2 is 1.67 bits per heavy atom. The lowest BCUT2D eigenvalue weighted by Gasteiger charge is -2.46. The van der Waals surface area contributed by atoms with Gasteiger partial charge in [0.2, 0.25) is 0 Å². The van der Waals surface area contributed by atoms with Crippen molar-refractivity contribution in [2.75, 3.05) is 19.6 Å². The molecule has 2 nitrogen and oxygen atoms in total. The summed E-state index contributed by atoms with van der Waals surface area (Å²) in [6.07, 6.45) is 8.77. The van der Waals surface area contributed by atoms with Crippen molar-refractivity contribution >= 4 is 5.78 Å². The maximum Gasteiger partial charge on any atom is 0.138 e. The van der Waals surface area contributed by atoms with Crippen LogP contribution in [0, 0.1) is 10.8 Å². The number of likely N-dealkylation sites (tertiary alicyclic amines) is 1. The van der Waals surface area contributed by atoms with Gasteiger partial charge in [-0.05, 0) is 44.2 Å². The number of nitrogens with zero attached hydrogens (tertiary/aromatic N) is 1. The van der Waals surface area contributed by atoms with E-state index in [9.17, 15) is 4.79 Å². The Bertz CT molecular complexity index is 293. The van der Waals surface area contributed by atoms with Gasteiger partial charge in [0.25, 0.3) is 0 Å². The first-order valence-electron chi connectivity index (χ1n) is 7.67. The first kappa shape index (κ1) is 14.0. The van der Waals surface area contributed by atoms with E-state index in [0.29, 0.717) is 11.2 Å². The molecule has 0 amide bonds. The topological polar surface area (TPSA) is 20.3 Å². The van der Waals surface area contributed by atoms with Crippen molar-refractivity contribution in [2.45, 2.75) is 65.7 Å². The minimum Gasteiger partial charge on any atom is -0.303 e.